The molecule has 9 heteroatoms. The SMILES string of the molecule is CC1C(COc2ccccc2COc2ccc3ccc(=O)oc3c2)=C(C(=O)O)N2C(=O)[C@H](C(C)O)C12. The Morgan fingerprint density at radius 1 is 1.08 bits per heavy atom. The number of amides is 1. The summed E-state index contributed by atoms with van der Waals surface area (Å²) in [4.78, 5) is 37.3. The Bertz CT molecular complexity index is 1440. The normalized spacial score (nSPS) is 21.8. The van der Waals surface area contributed by atoms with E-state index in [1.54, 1.807) is 43.3 Å². The summed E-state index contributed by atoms with van der Waals surface area (Å²) in [5.41, 5.74) is 1.14. The van der Waals surface area contributed by atoms with Crippen LogP contribution in [0.15, 0.2) is 75.1 Å². The molecule has 0 saturated carbocycles. The third-order valence-corrected chi connectivity index (χ3v) is 6.86. The van der Waals surface area contributed by atoms with Gasteiger partial charge in [0.05, 0.1) is 18.1 Å². The average molecular weight is 491 g/mol. The largest absolute Gasteiger partial charge is 0.489 e. The zero-order chi connectivity index (χ0) is 25.6. The van der Waals surface area contributed by atoms with E-state index in [2.05, 4.69) is 0 Å². The van der Waals surface area contributed by atoms with Gasteiger partial charge in [0.1, 0.15) is 36.0 Å². The molecule has 1 saturated heterocycles. The van der Waals surface area contributed by atoms with E-state index in [4.69, 9.17) is 13.9 Å². The van der Waals surface area contributed by atoms with Gasteiger partial charge in [-0.2, -0.15) is 0 Å². The molecule has 2 aromatic carbocycles. The van der Waals surface area contributed by atoms with Crippen LogP contribution in [0, 0.1) is 11.8 Å². The maximum absolute atomic E-state index is 12.5. The zero-order valence-corrected chi connectivity index (χ0v) is 19.7. The third-order valence-electron chi connectivity index (χ3n) is 6.86. The number of aliphatic carboxylic acids is 1. The summed E-state index contributed by atoms with van der Waals surface area (Å²) in [5, 5.41) is 20.6. The lowest BCUT2D eigenvalue weighted by atomic mass is 9.78. The van der Waals surface area contributed by atoms with Crippen LogP contribution in [-0.4, -0.2) is 45.7 Å². The minimum absolute atomic E-state index is 0.0201. The van der Waals surface area contributed by atoms with Crippen molar-refractivity contribution in [1.82, 2.24) is 4.90 Å². The van der Waals surface area contributed by atoms with Crippen molar-refractivity contribution in [3.05, 3.63) is 81.9 Å². The molecule has 0 radical (unpaired) electrons. The molecular weight excluding hydrogens is 466 g/mol. The highest BCUT2D eigenvalue weighted by Gasteiger charge is 2.59. The molecule has 5 rings (SSSR count). The second kappa shape index (κ2) is 9.16. The van der Waals surface area contributed by atoms with Gasteiger partial charge in [0.2, 0.25) is 5.91 Å². The van der Waals surface area contributed by atoms with E-state index in [9.17, 15) is 24.6 Å². The van der Waals surface area contributed by atoms with Gasteiger partial charge >= 0.3 is 11.6 Å². The van der Waals surface area contributed by atoms with Crippen molar-refractivity contribution in [2.45, 2.75) is 32.6 Å². The number of carboxylic acids is 1. The zero-order valence-electron chi connectivity index (χ0n) is 19.7. The fourth-order valence-corrected chi connectivity index (χ4v) is 5.05. The second-order valence-corrected chi connectivity index (χ2v) is 9.07. The number of hydrogen-bond donors (Lipinski definition) is 2. The van der Waals surface area contributed by atoms with Gasteiger partial charge in [-0.25, -0.2) is 9.59 Å². The number of carboxylic acid groups (broad SMARTS) is 1. The lowest BCUT2D eigenvalue weighted by Gasteiger charge is -2.46. The molecule has 36 heavy (non-hydrogen) atoms. The first kappa shape index (κ1) is 23.6. The molecule has 3 aromatic rings. The fourth-order valence-electron chi connectivity index (χ4n) is 5.05. The lowest BCUT2D eigenvalue weighted by molar-refractivity contribution is -0.163. The van der Waals surface area contributed by atoms with E-state index >= 15 is 0 Å². The number of nitrogens with zero attached hydrogens (tertiary/aromatic N) is 1. The maximum Gasteiger partial charge on any atom is 0.352 e. The monoisotopic (exact) mass is 491 g/mol. The van der Waals surface area contributed by atoms with Crippen LogP contribution in [0.2, 0.25) is 0 Å². The highest BCUT2D eigenvalue weighted by Crippen LogP contribution is 2.47. The summed E-state index contributed by atoms with van der Waals surface area (Å²) in [7, 11) is 0. The van der Waals surface area contributed by atoms with Crippen LogP contribution in [0.1, 0.15) is 19.4 Å². The van der Waals surface area contributed by atoms with E-state index in [0.29, 0.717) is 22.7 Å². The molecule has 3 heterocycles. The number of benzene rings is 2. The fraction of sp³-hybridized carbons (Fsp3) is 0.296. The van der Waals surface area contributed by atoms with Gasteiger partial charge < -0.3 is 29.0 Å². The van der Waals surface area contributed by atoms with E-state index in [0.717, 1.165) is 10.9 Å². The Morgan fingerprint density at radius 3 is 2.58 bits per heavy atom. The minimum atomic E-state index is -1.19. The van der Waals surface area contributed by atoms with Gasteiger partial charge in [-0.3, -0.25) is 4.79 Å². The molecule has 0 bridgehead atoms. The molecule has 1 fully saturated rings. The lowest BCUT2D eigenvalue weighted by Crippen LogP contribution is -2.63. The number of aliphatic hydroxyl groups excluding tert-OH is 1. The van der Waals surface area contributed by atoms with Gasteiger partial charge in [-0.05, 0) is 31.2 Å². The Kier molecular flexibility index (Phi) is 6.01. The molecule has 2 aliphatic heterocycles. The number of para-hydroxylation sites is 1. The van der Waals surface area contributed by atoms with Gasteiger partial charge in [0.15, 0.2) is 0 Å². The van der Waals surface area contributed by atoms with Crippen molar-refractivity contribution >= 4 is 22.8 Å². The van der Waals surface area contributed by atoms with Crippen LogP contribution >= 0.6 is 0 Å². The first-order chi connectivity index (χ1) is 17.3. The van der Waals surface area contributed by atoms with Crippen LogP contribution < -0.4 is 15.1 Å². The first-order valence-electron chi connectivity index (χ1n) is 11.6. The Morgan fingerprint density at radius 2 is 1.83 bits per heavy atom. The topological polar surface area (TPSA) is 127 Å². The van der Waals surface area contributed by atoms with Crippen molar-refractivity contribution in [3.8, 4) is 11.5 Å². The molecule has 186 valence electrons. The molecule has 1 amide bonds. The number of β-lactam (4-membered cyclic amide) rings is 1. The number of fused-ring (bicyclic) bond motifs is 2. The minimum Gasteiger partial charge on any atom is -0.489 e. The van der Waals surface area contributed by atoms with Crippen molar-refractivity contribution in [2.24, 2.45) is 11.8 Å². The van der Waals surface area contributed by atoms with Crippen LogP contribution in [0.4, 0.5) is 0 Å². The standard InChI is InChI=1S/C27H25NO8/c1-14-19(25(27(32)33)28-24(14)23(15(2)29)26(28)31)13-35-20-6-4-3-5-17(20)12-34-18-9-7-16-8-10-22(30)36-21(16)11-18/h3-11,14-15,23-24,29H,12-13H2,1-2H3,(H,32,33)/t14?,15?,23-,24?/m1/s1. The van der Waals surface area contributed by atoms with Crippen molar-refractivity contribution in [3.63, 3.8) is 0 Å². The van der Waals surface area contributed by atoms with Crippen LogP contribution in [0.25, 0.3) is 11.0 Å². The Labute approximate surface area is 206 Å². The van der Waals surface area contributed by atoms with Crippen molar-refractivity contribution in [1.29, 1.82) is 0 Å². The molecule has 0 spiro atoms. The molecule has 0 aliphatic carbocycles. The molecule has 2 aliphatic rings. The Hall–Kier alpha value is -4.11. The third kappa shape index (κ3) is 4.01. The number of aliphatic hydroxyl groups is 1. The van der Waals surface area contributed by atoms with Crippen molar-refractivity contribution < 1.29 is 33.7 Å². The van der Waals surface area contributed by atoms with Crippen LogP contribution in [0.5, 0.6) is 11.5 Å². The molecule has 4 atom stereocenters. The summed E-state index contributed by atoms with van der Waals surface area (Å²) in [6.45, 7) is 3.53. The predicted molar refractivity (Wildman–Crippen MR) is 128 cm³/mol. The van der Waals surface area contributed by atoms with Crippen LogP contribution in [0.3, 0.4) is 0 Å². The molecule has 3 unspecified atom stereocenters. The van der Waals surface area contributed by atoms with E-state index < -0.39 is 29.7 Å². The quantitative estimate of drug-likeness (QED) is 0.364. The van der Waals surface area contributed by atoms with Gasteiger partial charge in [0, 0.05) is 34.6 Å². The average Bonchev–Trinajstić information content (AvgIpc) is 3.09. The number of ether oxygens (including phenoxy) is 2. The molecule has 1 aromatic heterocycles. The molecule has 2 N–H and O–H groups in total. The van der Waals surface area contributed by atoms with E-state index in [1.807, 2.05) is 19.1 Å². The molecule has 9 nitrogen and oxygen atoms in total. The smallest absolute Gasteiger partial charge is 0.352 e. The van der Waals surface area contributed by atoms with Gasteiger partial charge in [-0.1, -0.05) is 25.1 Å². The number of hydrogen-bond acceptors (Lipinski definition) is 7. The number of rotatable bonds is 8. The summed E-state index contributed by atoms with van der Waals surface area (Å²) >= 11 is 0. The van der Waals surface area contributed by atoms with Crippen LogP contribution in [-0.2, 0) is 16.2 Å². The van der Waals surface area contributed by atoms with Gasteiger partial charge in [-0.15, -0.1) is 0 Å². The highest BCUT2D eigenvalue weighted by atomic mass is 16.5. The summed E-state index contributed by atoms with van der Waals surface area (Å²) < 4.78 is 17.2. The number of carbonyl (C=O) groups excluding carboxylic acids is 1. The second-order valence-electron chi connectivity index (χ2n) is 9.07. The summed E-state index contributed by atoms with van der Waals surface area (Å²) in [6.07, 6.45) is -0.863. The molecular formula is C27H25NO8. The first-order valence-corrected chi connectivity index (χ1v) is 11.6. The maximum atomic E-state index is 12.5. The predicted octanol–water partition coefficient (Wildman–Crippen LogP) is 2.95. The van der Waals surface area contributed by atoms with Gasteiger partial charge in [0.25, 0.3) is 0 Å². The van der Waals surface area contributed by atoms with E-state index in [1.165, 1.54) is 11.0 Å². The highest BCUT2D eigenvalue weighted by molar-refractivity contribution is 6.00. The summed E-state index contributed by atoms with van der Waals surface area (Å²) in [5.74, 6) is -1.45. The summed E-state index contributed by atoms with van der Waals surface area (Å²) in [6, 6.07) is 15.1. The number of carbonyl (C=O) groups is 2. The Balaban J connectivity index is 1.33. The van der Waals surface area contributed by atoms with E-state index in [-0.39, 0.29) is 30.7 Å². The van der Waals surface area contributed by atoms with Crippen molar-refractivity contribution in [2.75, 3.05) is 6.61 Å².